The average molecular weight is 457 g/mol. The van der Waals surface area contributed by atoms with Crippen LogP contribution >= 0.6 is 0 Å². The van der Waals surface area contributed by atoms with Crippen molar-refractivity contribution in [2.45, 2.75) is 63.1 Å². The first-order valence-corrected chi connectivity index (χ1v) is 13.2. The van der Waals surface area contributed by atoms with Crippen LogP contribution in [0.2, 0.25) is 0 Å². The Bertz CT molecular complexity index is 1070. The molecule has 2 aromatic rings. The SMILES string of the molecule is CCS(=O)(=O)c1ccccc1-c1ccc(CCC2(C3CCC(=O)CC3)OCCO2)c(C)c1. The summed E-state index contributed by atoms with van der Waals surface area (Å²) in [7, 11) is -3.30. The molecule has 1 saturated heterocycles. The maximum atomic E-state index is 12.6. The number of benzene rings is 2. The lowest BCUT2D eigenvalue weighted by Crippen LogP contribution is -2.41. The summed E-state index contributed by atoms with van der Waals surface area (Å²) in [4.78, 5) is 12.1. The molecule has 1 aliphatic heterocycles. The molecular weight excluding hydrogens is 424 g/mol. The lowest BCUT2D eigenvalue weighted by molar-refractivity contribution is -0.205. The van der Waals surface area contributed by atoms with Crippen LogP contribution in [0.25, 0.3) is 11.1 Å². The van der Waals surface area contributed by atoms with Gasteiger partial charge in [-0.05, 0) is 48.9 Å². The van der Waals surface area contributed by atoms with Gasteiger partial charge in [0.25, 0.3) is 0 Å². The van der Waals surface area contributed by atoms with Gasteiger partial charge in [-0.2, -0.15) is 0 Å². The van der Waals surface area contributed by atoms with E-state index in [1.165, 1.54) is 5.56 Å². The van der Waals surface area contributed by atoms with E-state index in [1.54, 1.807) is 19.1 Å². The third-order valence-electron chi connectivity index (χ3n) is 6.94. The van der Waals surface area contributed by atoms with Crippen LogP contribution < -0.4 is 0 Å². The van der Waals surface area contributed by atoms with E-state index in [2.05, 4.69) is 19.1 Å². The molecule has 5 nitrogen and oxygen atoms in total. The van der Waals surface area contributed by atoms with Crippen LogP contribution in [0.5, 0.6) is 0 Å². The van der Waals surface area contributed by atoms with Crippen molar-refractivity contribution in [1.82, 2.24) is 0 Å². The van der Waals surface area contributed by atoms with Gasteiger partial charge >= 0.3 is 0 Å². The highest BCUT2D eigenvalue weighted by Gasteiger charge is 2.45. The largest absolute Gasteiger partial charge is 0.347 e. The Balaban J connectivity index is 1.54. The van der Waals surface area contributed by atoms with Crippen LogP contribution in [-0.4, -0.2) is 39.0 Å². The fraction of sp³-hybridized carbons (Fsp3) is 0.500. The molecule has 0 amide bonds. The van der Waals surface area contributed by atoms with Gasteiger partial charge in [-0.15, -0.1) is 0 Å². The topological polar surface area (TPSA) is 69.7 Å². The van der Waals surface area contributed by atoms with Crippen molar-refractivity contribution < 1.29 is 22.7 Å². The summed E-state index contributed by atoms with van der Waals surface area (Å²) in [6, 6.07) is 13.4. The zero-order valence-corrected chi connectivity index (χ0v) is 19.7. The summed E-state index contributed by atoms with van der Waals surface area (Å²) in [6.45, 7) is 4.94. The molecule has 2 aliphatic rings. The van der Waals surface area contributed by atoms with E-state index >= 15 is 0 Å². The van der Waals surface area contributed by atoms with Crippen LogP contribution in [0.15, 0.2) is 47.4 Å². The minimum Gasteiger partial charge on any atom is -0.347 e. The number of ketones is 1. The predicted octanol–water partition coefficient (Wildman–Crippen LogP) is 4.89. The molecule has 32 heavy (non-hydrogen) atoms. The first-order valence-electron chi connectivity index (χ1n) is 11.6. The van der Waals surface area contributed by atoms with Crippen LogP contribution in [0.4, 0.5) is 0 Å². The molecule has 4 rings (SSSR count). The van der Waals surface area contributed by atoms with Crippen molar-refractivity contribution in [3.63, 3.8) is 0 Å². The zero-order valence-electron chi connectivity index (χ0n) is 18.9. The van der Waals surface area contributed by atoms with E-state index in [0.717, 1.165) is 42.4 Å². The van der Waals surface area contributed by atoms with Crippen molar-refractivity contribution in [1.29, 1.82) is 0 Å². The number of carbonyl (C=O) groups is 1. The Morgan fingerprint density at radius 2 is 1.72 bits per heavy atom. The van der Waals surface area contributed by atoms with Crippen molar-refractivity contribution in [2.75, 3.05) is 19.0 Å². The van der Waals surface area contributed by atoms with Gasteiger partial charge in [-0.1, -0.05) is 43.3 Å². The van der Waals surface area contributed by atoms with E-state index in [9.17, 15) is 13.2 Å². The zero-order chi connectivity index (χ0) is 22.8. The Morgan fingerprint density at radius 1 is 1.03 bits per heavy atom. The van der Waals surface area contributed by atoms with E-state index in [1.807, 2.05) is 18.2 Å². The molecule has 0 unspecified atom stereocenters. The summed E-state index contributed by atoms with van der Waals surface area (Å²) < 4.78 is 37.4. The Kier molecular flexibility index (Phi) is 6.84. The molecule has 1 aliphatic carbocycles. The molecular formula is C26H32O5S. The van der Waals surface area contributed by atoms with Crippen molar-refractivity contribution >= 4 is 15.6 Å². The number of ether oxygens (including phenoxy) is 2. The fourth-order valence-corrected chi connectivity index (χ4v) is 6.14. The Hall–Kier alpha value is -2.02. The van der Waals surface area contributed by atoms with E-state index in [-0.39, 0.29) is 11.7 Å². The van der Waals surface area contributed by atoms with Crippen molar-refractivity contribution in [2.24, 2.45) is 5.92 Å². The van der Waals surface area contributed by atoms with E-state index < -0.39 is 15.6 Å². The van der Waals surface area contributed by atoms with Crippen molar-refractivity contribution in [3.8, 4) is 11.1 Å². The van der Waals surface area contributed by atoms with Crippen LogP contribution in [-0.2, 0) is 30.5 Å². The lowest BCUT2D eigenvalue weighted by Gasteiger charge is -2.37. The molecule has 1 heterocycles. The Morgan fingerprint density at radius 3 is 2.38 bits per heavy atom. The third-order valence-corrected chi connectivity index (χ3v) is 8.73. The van der Waals surface area contributed by atoms with Gasteiger partial charge in [0, 0.05) is 30.7 Å². The number of carbonyl (C=O) groups excluding carboxylic acids is 1. The van der Waals surface area contributed by atoms with Gasteiger partial charge in [-0.25, -0.2) is 8.42 Å². The van der Waals surface area contributed by atoms with E-state index in [0.29, 0.717) is 36.7 Å². The Labute approximate surface area is 191 Å². The highest BCUT2D eigenvalue weighted by molar-refractivity contribution is 7.91. The maximum Gasteiger partial charge on any atom is 0.178 e. The van der Waals surface area contributed by atoms with Gasteiger partial charge in [0.05, 0.1) is 23.9 Å². The minimum atomic E-state index is -3.30. The maximum absolute atomic E-state index is 12.6. The lowest BCUT2D eigenvalue weighted by atomic mass is 9.80. The normalized spacial score (nSPS) is 19.4. The summed E-state index contributed by atoms with van der Waals surface area (Å²) in [5, 5.41) is 0. The molecule has 0 atom stereocenters. The predicted molar refractivity (Wildman–Crippen MR) is 124 cm³/mol. The number of aryl methyl sites for hydroxylation is 2. The highest BCUT2D eigenvalue weighted by Crippen LogP contribution is 2.41. The molecule has 0 aromatic heterocycles. The van der Waals surface area contributed by atoms with Crippen LogP contribution in [0, 0.1) is 12.8 Å². The summed E-state index contributed by atoms with van der Waals surface area (Å²) >= 11 is 0. The van der Waals surface area contributed by atoms with Crippen LogP contribution in [0.3, 0.4) is 0 Å². The number of hydrogen-bond acceptors (Lipinski definition) is 5. The summed E-state index contributed by atoms with van der Waals surface area (Å²) in [5.41, 5.74) is 3.98. The van der Waals surface area contributed by atoms with Gasteiger partial charge in [0.15, 0.2) is 15.6 Å². The first-order chi connectivity index (χ1) is 15.3. The van der Waals surface area contributed by atoms with Gasteiger partial charge in [0.1, 0.15) is 5.78 Å². The smallest absolute Gasteiger partial charge is 0.178 e. The average Bonchev–Trinajstić information content (AvgIpc) is 3.29. The monoisotopic (exact) mass is 456 g/mol. The quantitative estimate of drug-likeness (QED) is 0.593. The summed E-state index contributed by atoms with van der Waals surface area (Å²) in [6.07, 6.45) is 4.47. The molecule has 2 aromatic carbocycles. The standard InChI is InChI=1S/C26H32O5S/c1-3-32(28,29)25-7-5-4-6-24(25)21-9-8-20(19(2)18-21)14-15-26(30-16-17-31-26)22-10-12-23(27)13-11-22/h4-9,18,22H,3,10-17H2,1-2H3. The molecule has 0 radical (unpaired) electrons. The molecule has 0 spiro atoms. The fourth-order valence-electron chi connectivity index (χ4n) is 5.02. The summed E-state index contributed by atoms with van der Waals surface area (Å²) in [5.74, 6) is 0.0865. The van der Waals surface area contributed by atoms with Crippen LogP contribution in [0.1, 0.15) is 50.2 Å². The number of Topliss-reactive ketones (excluding diaryl/α,β-unsaturated/α-hetero) is 1. The molecule has 1 saturated carbocycles. The van der Waals surface area contributed by atoms with Gasteiger partial charge in [0.2, 0.25) is 0 Å². The van der Waals surface area contributed by atoms with Gasteiger partial charge < -0.3 is 9.47 Å². The second kappa shape index (κ2) is 9.46. The first kappa shape index (κ1) is 23.1. The van der Waals surface area contributed by atoms with Gasteiger partial charge in [-0.3, -0.25) is 4.79 Å². The second-order valence-corrected chi connectivity index (χ2v) is 11.1. The second-order valence-electron chi connectivity index (χ2n) is 8.86. The number of rotatable bonds is 7. The third kappa shape index (κ3) is 4.68. The molecule has 172 valence electrons. The molecule has 2 fully saturated rings. The molecule has 0 bridgehead atoms. The van der Waals surface area contributed by atoms with Crippen molar-refractivity contribution in [3.05, 3.63) is 53.6 Å². The molecule has 0 N–H and O–H groups in total. The number of sulfone groups is 1. The van der Waals surface area contributed by atoms with E-state index in [4.69, 9.17) is 9.47 Å². The molecule has 6 heteroatoms. The number of hydrogen-bond donors (Lipinski definition) is 0. The minimum absolute atomic E-state index is 0.0793. The highest BCUT2D eigenvalue weighted by atomic mass is 32.2.